The average Bonchev–Trinajstić information content (AvgIpc) is 3.72. The summed E-state index contributed by atoms with van der Waals surface area (Å²) in [6.07, 6.45) is -0.182. The Labute approximate surface area is 251 Å². The number of nitrogens with one attached hydrogen (secondary N) is 1. The van der Waals surface area contributed by atoms with E-state index in [1.54, 1.807) is 6.20 Å². The van der Waals surface area contributed by atoms with E-state index in [2.05, 4.69) is 5.32 Å². The third-order valence-corrected chi connectivity index (χ3v) is 9.25. The molecule has 43 heavy (non-hydrogen) atoms. The van der Waals surface area contributed by atoms with Crippen molar-refractivity contribution < 1.29 is 29.6 Å². The molecule has 1 saturated heterocycles. The Morgan fingerprint density at radius 3 is 2.37 bits per heavy atom. The number of aliphatic hydroxyl groups excluding tert-OH is 2. The predicted octanol–water partition coefficient (Wildman–Crippen LogP) is 2.52. The van der Waals surface area contributed by atoms with Crippen molar-refractivity contribution in [2.75, 3.05) is 13.2 Å². The molecule has 8 nitrogen and oxygen atoms in total. The lowest BCUT2D eigenvalue weighted by Crippen LogP contribution is -2.60. The first-order valence-corrected chi connectivity index (χ1v) is 15.0. The molecule has 0 unspecified atom stereocenters. The normalized spacial score (nSPS) is 26.0. The van der Waals surface area contributed by atoms with Crippen molar-refractivity contribution in [3.63, 3.8) is 0 Å². The van der Waals surface area contributed by atoms with Crippen LogP contribution in [-0.2, 0) is 28.8 Å². The summed E-state index contributed by atoms with van der Waals surface area (Å²) in [6, 6.07) is 25.5. The maximum atomic E-state index is 14.5. The van der Waals surface area contributed by atoms with Crippen molar-refractivity contribution in [2.24, 2.45) is 0 Å². The van der Waals surface area contributed by atoms with Crippen LogP contribution in [0.5, 0.6) is 0 Å². The minimum absolute atomic E-state index is 0.0416. The van der Waals surface area contributed by atoms with E-state index in [0.717, 1.165) is 22.3 Å². The Morgan fingerprint density at radius 2 is 1.70 bits per heavy atom. The molecule has 224 valence electrons. The lowest BCUT2D eigenvalue weighted by atomic mass is 9.76. The maximum absolute atomic E-state index is 14.5. The average molecular weight is 582 g/mol. The minimum atomic E-state index is -1.37. The number of hydrogen-bond donors (Lipinski definition) is 3. The molecule has 3 N–H and O–H groups in total. The monoisotopic (exact) mass is 581 g/mol. The van der Waals surface area contributed by atoms with Gasteiger partial charge in [-0.15, -0.1) is 0 Å². The van der Waals surface area contributed by atoms with Crippen LogP contribution in [0.4, 0.5) is 4.79 Å². The molecule has 3 aromatic rings. The van der Waals surface area contributed by atoms with E-state index in [-0.39, 0.29) is 31.7 Å². The highest BCUT2D eigenvalue weighted by molar-refractivity contribution is 6.06. The summed E-state index contributed by atoms with van der Waals surface area (Å²) in [4.78, 5) is 28.4. The fourth-order valence-corrected chi connectivity index (χ4v) is 7.17. The second-order valence-corrected chi connectivity index (χ2v) is 12.0. The molecule has 1 fully saturated rings. The molecular formula is C35H37N2O6-. The van der Waals surface area contributed by atoms with Gasteiger partial charge in [-0.3, -0.25) is 4.79 Å². The molecule has 3 aliphatic rings. The van der Waals surface area contributed by atoms with Crippen molar-refractivity contribution in [1.82, 2.24) is 10.2 Å². The quantitative estimate of drug-likeness (QED) is 0.336. The highest BCUT2D eigenvalue weighted by atomic mass is 16.5. The van der Waals surface area contributed by atoms with E-state index < -0.39 is 41.8 Å². The molecule has 6 rings (SSSR count). The van der Waals surface area contributed by atoms with Gasteiger partial charge in [0.15, 0.2) is 5.78 Å². The molecule has 3 aromatic carbocycles. The number of amides is 1. The number of fused-ring (bicyclic) bond motifs is 1. The number of aliphatic hydroxyl groups is 2. The topological polar surface area (TPSA) is 122 Å². The number of carbonyl (C=O) groups excluding carboxylic acids is 2. The van der Waals surface area contributed by atoms with Crippen LogP contribution in [0.3, 0.4) is 0 Å². The number of Topliss-reactive ketones (excluding diaryl/α,β-unsaturated/α-hetero) is 1. The van der Waals surface area contributed by atoms with E-state index in [1.165, 1.54) is 4.90 Å². The summed E-state index contributed by atoms with van der Waals surface area (Å²) in [5, 5.41) is 39.0. The van der Waals surface area contributed by atoms with Gasteiger partial charge in [0.1, 0.15) is 11.6 Å². The van der Waals surface area contributed by atoms with Gasteiger partial charge in [-0.05, 0) is 41.5 Å². The Morgan fingerprint density at radius 1 is 1.02 bits per heavy atom. The summed E-state index contributed by atoms with van der Waals surface area (Å²) in [5.41, 5.74) is 2.94. The van der Waals surface area contributed by atoms with Gasteiger partial charge in [-0.1, -0.05) is 84.9 Å². The zero-order chi connectivity index (χ0) is 30.0. The molecule has 1 aliphatic carbocycles. The number of rotatable bonds is 10. The molecule has 2 heterocycles. The number of hydrogen-bond acceptors (Lipinski definition) is 7. The zero-order valence-electron chi connectivity index (χ0n) is 24.0. The van der Waals surface area contributed by atoms with Crippen LogP contribution in [0.15, 0.2) is 96.7 Å². The standard InChI is InChI=1S/C35H38N2O6/c38-30-18-25-13-7-8-14-27(25)32(30)28-21-36-35(33(28)40,19-24-11-5-2-6-12-24)20-31(39)29(17-23-9-3-1-4-10-23)37(34(41)42)26-15-16-43-22-26/h1-14,21,26,29-32,36,38-39H,15-20,22H2,(H,41,42)/p-1/t26-,29-,30+,31-,32+,35-/m0/s1. The Balaban J connectivity index is 1.35. The van der Waals surface area contributed by atoms with Gasteiger partial charge in [0, 0.05) is 37.1 Å². The minimum Gasteiger partial charge on any atom is -0.530 e. The van der Waals surface area contributed by atoms with Gasteiger partial charge >= 0.3 is 0 Å². The van der Waals surface area contributed by atoms with Crippen LogP contribution in [0.1, 0.15) is 41.0 Å². The SMILES string of the molecule is O=C([O-])N([C@H]1CCOC1)[C@@H](Cc1ccccc1)[C@@H](O)C[C@]1(Cc2ccccc2)NC=C([C@H]2c3ccccc3C[C@H]2O)C1=O. The van der Waals surface area contributed by atoms with Crippen molar-refractivity contribution in [3.05, 3.63) is 119 Å². The third kappa shape index (κ3) is 5.83. The molecule has 0 spiro atoms. The lowest BCUT2D eigenvalue weighted by Gasteiger charge is -2.43. The van der Waals surface area contributed by atoms with Crippen LogP contribution < -0.4 is 10.4 Å². The lowest BCUT2D eigenvalue weighted by molar-refractivity contribution is -0.272. The maximum Gasteiger partial charge on any atom is 0.186 e. The second-order valence-electron chi connectivity index (χ2n) is 12.0. The second kappa shape index (κ2) is 12.3. The molecule has 0 saturated carbocycles. The number of ketones is 1. The molecule has 0 aromatic heterocycles. The van der Waals surface area contributed by atoms with Gasteiger partial charge in [-0.25, -0.2) is 0 Å². The third-order valence-electron chi connectivity index (χ3n) is 9.25. The van der Waals surface area contributed by atoms with E-state index in [4.69, 9.17) is 4.74 Å². The number of carboxylic acid groups (broad SMARTS) is 1. The summed E-state index contributed by atoms with van der Waals surface area (Å²) >= 11 is 0. The summed E-state index contributed by atoms with van der Waals surface area (Å²) < 4.78 is 5.51. The largest absolute Gasteiger partial charge is 0.530 e. The van der Waals surface area contributed by atoms with E-state index >= 15 is 0 Å². The van der Waals surface area contributed by atoms with E-state index in [0.29, 0.717) is 25.0 Å². The molecule has 1 amide bonds. The van der Waals surface area contributed by atoms with Crippen molar-refractivity contribution >= 4 is 11.9 Å². The number of nitrogens with zero attached hydrogens (tertiary/aromatic N) is 1. The number of ether oxygens (including phenoxy) is 1. The molecule has 2 aliphatic heterocycles. The zero-order valence-corrected chi connectivity index (χ0v) is 24.0. The van der Waals surface area contributed by atoms with Crippen molar-refractivity contribution in [1.29, 1.82) is 0 Å². The Bertz CT molecular complexity index is 1470. The molecular weight excluding hydrogens is 544 g/mol. The van der Waals surface area contributed by atoms with Crippen LogP contribution in [0, 0.1) is 0 Å². The number of benzene rings is 3. The van der Waals surface area contributed by atoms with Gasteiger partial charge in [0.05, 0.1) is 30.9 Å². The number of carbonyl (C=O) groups is 2. The van der Waals surface area contributed by atoms with Crippen molar-refractivity contribution in [3.8, 4) is 0 Å². The van der Waals surface area contributed by atoms with Crippen LogP contribution >= 0.6 is 0 Å². The first kappa shape index (κ1) is 29.1. The van der Waals surface area contributed by atoms with E-state index in [1.807, 2.05) is 84.9 Å². The molecule has 0 bridgehead atoms. The fraction of sp³-hybridized carbons (Fsp3) is 0.371. The highest BCUT2D eigenvalue weighted by Gasteiger charge is 2.50. The fourth-order valence-electron chi connectivity index (χ4n) is 7.17. The smallest absolute Gasteiger partial charge is 0.186 e. The Hall–Kier alpha value is -3.98. The van der Waals surface area contributed by atoms with Gasteiger partial charge < -0.3 is 35.1 Å². The van der Waals surface area contributed by atoms with E-state index in [9.17, 15) is 24.9 Å². The molecule has 0 radical (unpaired) electrons. The molecule has 8 heteroatoms. The Kier molecular flexibility index (Phi) is 8.34. The molecule has 6 atom stereocenters. The first-order valence-electron chi connectivity index (χ1n) is 15.0. The van der Waals surface area contributed by atoms with Crippen LogP contribution in [0.2, 0.25) is 0 Å². The summed E-state index contributed by atoms with van der Waals surface area (Å²) in [5.74, 6) is -0.680. The van der Waals surface area contributed by atoms with Gasteiger partial charge in [0.2, 0.25) is 0 Å². The van der Waals surface area contributed by atoms with Gasteiger partial charge in [-0.2, -0.15) is 0 Å². The first-order chi connectivity index (χ1) is 20.9. The van der Waals surface area contributed by atoms with Crippen molar-refractivity contribution in [2.45, 2.75) is 67.9 Å². The summed E-state index contributed by atoms with van der Waals surface area (Å²) in [6.45, 7) is 0.655. The highest BCUT2D eigenvalue weighted by Crippen LogP contribution is 2.43. The summed E-state index contributed by atoms with van der Waals surface area (Å²) in [7, 11) is 0. The van der Waals surface area contributed by atoms with Crippen LogP contribution in [0.25, 0.3) is 0 Å². The van der Waals surface area contributed by atoms with Crippen LogP contribution in [-0.4, -0.2) is 70.0 Å². The van der Waals surface area contributed by atoms with Gasteiger partial charge in [0.25, 0.3) is 0 Å². The predicted molar refractivity (Wildman–Crippen MR) is 159 cm³/mol.